The van der Waals surface area contributed by atoms with E-state index in [4.69, 9.17) is 46.7 Å². The second-order valence-corrected chi connectivity index (χ2v) is 35.8. The fourth-order valence-corrected chi connectivity index (χ4v) is 12.7. The van der Waals surface area contributed by atoms with Crippen LogP contribution in [0.5, 0.6) is 11.5 Å². The standard InChI is InChI=1S/C54H75N4O16PSi2/c1-53-30-37-31-55(51(62)57(49(37)60)35-68-24-26-76(5,6)7)47-28-43(59)45(72-47)33-71-75(64,67-4)74-44-29-48(56(34-53)52(63)58(50(53)61)36-69-25-27-77(8,9)10)73-46(44)32-70-54(38-14-12-11-13-15-38,39-16-20-41(65-2)21-17-39)40-18-22-42(66-3)23-19-40/h11-23,31,43-48,59H,24-30,32-36H2,1-10H3/t43-,44-,45+,46+,47+,48+,53+,75?/m0/s1. The number of urea groups is 1. The van der Waals surface area contributed by atoms with E-state index in [0.29, 0.717) is 18.1 Å². The molecule has 0 aliphatic carbocycles. The number of phosphoric acid groups is 1. The topological polar surface area (TPSA) is 214 Å². The van der Waals surface area contributed by atoms with Gasteiger partial charge in [0.05, 0.1) is 39.0 Å². The Balaban J connectivity index is 1.23. The van der Waals surface area contributed by atoms with Crippen LogP contribution in [0.1, 0.15) is 48.2 Å². The van der Waals surface area contributed by atoms with Gasteiger partial charge in [-0.3, -0.25) is 32.6 Å². The molecule has 20 nitrogen and oxygen atoms in total. The normalized spacial score (nSPS) is 26.2. The van der Waals surface area contributed by atoms with Crippen molar-refractivity contribution in [3.8, 4) is 11.5 Å². The molecule has 0 saturated carbocycles. The number of hydrogen-bond donors (Lipinski definition) is 1. The molecular weight excluding hydrogens is 1050 g/mol. The Kier molecular flexibility index (Phi) is 18.1. The van der Waals surface area contributed by atoms with Crippen molar-refractivity contribution in [1.82, 2.24) is 18.9 Å². The Morgan fingerprint density at radius 2 is 1.34 bits per heavy atom. The summed E-state index contributed by atoms with van der Waals surface area (Å²) < 4.78 is 78.5. The molecule has 4 aromatic rings. The average molecular weight is 1120 g/mol. The number of aliphatic hydroxyl groups excluding tert-OH is 1. The summed E-state index contributed by atoms with van der Waals surface area (Å²) in [5, 5.41) is 11.4. The number of carbonyl (C=O) groups is 2. The molecule has 3 saturated heterocycles. The van der Waals surface area contributed by atoms with E-state index < -0.39 is 108 Å². The van der Waals surface area contributed by atoms with Crippen LogP contribution in [-0.2, 0) is 65.4 Å². The molecule has 3 aromatic carbocycles. The number of amides is 3. The van der Waals surface area contributed by atoms with Crippen molar-refractivity contribution < 1.29 is 66.0 Å². The lowest BCUT2D eigenvalue weighted by atomic mass is 9.80. The first kappa shape index (κ1) is 58.3. The quantitative estimate of drug-likeness (QED) is 0.0419. The van der Waals surface area contributed by atoms with Crippen molar-refractivity contribution in [3.63, 3.8) is 0 Å². The van der Waals surface area contributed by atoms with Crippen molar-refractivity contribution in [2.45, 2.75) is 127 Å². The van der Waals surface area contributed by atoms with Crippen molar-refractivity contribution in [1.29, 1.82) is 0 Å². The monoisotopic (exact) mass is 1120 g/mol. The Hall–Kier alpha value is -4.82. The summed E-state index contributed by atoms with van der Waals surface area (Å²) in [5.74, 6) is 0.631. The van der Waals surface area contributed by atoms with Gasteiger partial charge in [-0.1, -0.05) is 93.9 Å². The summed E-state index contributed by atoms with van der Waals surface area (Å²) >= 11 is 0. The molecule has 8 atom stereocenters. The van der Waals surface area contributed by atoms with Crippen molar-refractivity contribution >= 4 is 35.9 Å². The van der Waals surface area contributed by atoms with Gasteiger partial charge in [0.25, 0.3) is 5.56 Å². The van der Waals surface area contributed by atoms with E-state index >= 15 is 9.59 Å². The van der Waals surface area contributed by atoms with Crippen LogP contribution in [-0.4, -0.2) is 144 Å². The lowest BCUT2D eigenvalue weighted by molar-refractivity contribution is -0.156. The maximum Gasteiger partial charge on any atom is 0.474 e. The van der Waals surface area contributed by atoms with Crippen LogP contribution in [0.4, 0.5) is 4.79 Å². The highest BCUT2D eigenvalue weighted by molar-refractivity contribution is 7.48. The molecule has 3 amide bonds. The Bertz CT molecular complexity index is 2810. The van der Waals surface area contributed by atoms with E-state index in [1.54, 1.807) is 21.1 Å². The molecule has 4 aliphatic heterocycles. The Labute approximate surface area is 452 Å². The van der Waals surface area contributed by atoms with Gasteiger partial charge < -0.3 is 38.3 Å². The molecule has 0 spiro atoms. The van der Waals surface area contributed by atoms with Gasteiger partial charge in [-0.2, -0.15) is 0 Å². The van der Waals surface area contributed by atoms with Crippen LogP contribution >= 0.6 is 7.82 Å². The van der Waals surface area contributed by atoms with Crippen molar-refractivity contribution in [2.75, 3.05) is 61.0 Å². The molecular formula is C54H75N4O16PSi2. The number of fused-ring (bicyclic) bond motifs is 10. The minimum Gasteiger partial charge on any atom is -0.497 e. The third-order valence-electron chi connectivity index (χ3n) is 14.6. The van der Waals surface area contributed by atoms with E-state index in [1.165, 1.54) is 15.7 Å². The average Bonchev–Trinajstić information content (AvgIpc) is 4.12. The van der Waals surface area contributed by atoms with Gasteiger partial charge in [0.2, 0.25) is 5.91 Å². The first-order valence-electron chi connectivity index (χ1n) is 26.1. The van der Waals surface area contributed by atoms with Crippen LogP contribution in [0.25, 0.3) is 0 Å². The predicted octanol–water partition coefficient (Wildman–Crippen LogP) is 7.41. The molecule has 1 aromatic heterocycles. The number of ether oxygens (including phenoxy) is 7. The van der Waals surface area contributed by atoms with Crippen LogP contribution in [0.3, 0.4) is 0 Å². The van der Waals surface area contributed by atoms with Gasteiger partial charge in [0.1, 0.15) is 61.3 Å². The number of phosphoric ester groups is 1. The van der Waals surface area contributed by atoms with Crippen LogP contribution in [0.15, 0.2) is 94.6 Å². The minimum absolute atomic E-state index is 0.0586. The first-order valence-corrected chi connectivity index (χ1v) is 35.0. The highest BCUT2D eigenvalue weighted by Gasteiger charge is 2.54. The van der Waals surface area contributed by atoms with E-state index in [-0.39, 0.29) is 51.3 Å². The smallest absolute Gasteiger partial charge is 0.474 e. The summed E-state index contributed by atoms with van der Waals surface area (Å²) in [6.45, 7) is 13.6. The van der Waals surface area contributed by atoms with Gasteiger partial charge in [-0.05, 0) is 66.4 Å². The molecule has 8 rings (SSSR count). The third kappa shape index (κ3) is 13.1. The number of hydrogen-bond acceptors (Lipinski definition) is 16. The lowest BCUT2D eigenvalue weighted by Gasteiger charge is -2.45. The second-order valence-electron chi connectivity index (χ2n) is 22.8. The molecule has 3 fully saturated rings. The highest BCUT2D eigenvalue weighted by Crippen LogP contribution is 2.53. The number of methoxy groups -OCH3 is 2. The SMILES string of the molecule is COc1ccc(C(OC[C@H]2O[C@@H]3C[C@@H]2OP(=O)(OC)OC[C@H]2O[C@H](C[C@@H]2O)n2cc(c(=O)n(COCC[Si](C)(C)C)c2=O)C[C@]2(C)CN3C(=O)N(COCC[Si](C)(C)C)C2=O)(c2ccccc2)c2ccc(OC)cc2)cc1. The zero-order valence-electron chi connectivity index (χ0n) is 45.8. The molecule has 1 N–H and O–H groups in total. The molecule has 77 heavy (non-hydrogen) atoms. The van der Waals surface area contributed by atoms with Crippen molar-refractivity contribution in [2.24, 2.45) is 5.41 Å². The highest BCUT2D eigenvalue weighted by atomic mass is 31.2. The number of rotatable bonds is 19. The van der Waals surface area contributed by atoms with Crippen LogP contribution < -0.4 is 20.7 Å². The van der Waals surface area contributed by atoms with Gasteiger partial charge in [0, 0.05) is 67.6 Å². The molecule has 8 bridgehead atoms. The summed E-state index contributed by atoms with van der Waals surface area (Å²) in [5.41, 5.74) is -2.09. The largest absolute Gasteiger partial charge is 0.497 e. The van der Waals surface area contributed by atoms with Gasteiger partial charge in [-0.25, -0.2) is 23.6 Å². The van der Waals surface area contributed by atoms with Crippen LogP contribution in [0, 0.1) is 5.41 Å². The number of benzene rings is 3. The van der Waals surface area contributed by atoms with Gasteiger partial charge in [-0.15, -0.1) is 0 Å². The fraction of sp³-hybridized carbons (Fsp3) is 0.556. The molecule has 420 valence electrons. The molecule has 23 heteroatoms. The summed E-state index contributed by atoms with van der Waals surface area (Å²) in [7, 11) is -3.44. The number of aromatic nitrogens is 2. The van der Waals surface area contributed by atoms with E-state index in [2.05, 4.69) is 39.3 Å². The van der Waals surface area contributed by atoms with E-state index in [9.17, 15) is 19.3 Å². The van der Waals surface area contributed by atoms with E-state index in [0.717, 1.165) is 45.4 Å². The van der Waals surface area contributed by atoms with Crippen molar-refractivity contribution in [3.05, 3.63) is 128 Å². The second kappa shape index (κ2) is 23.9. The predicted molar refractivity (Wildman–Crippen MR) is 290 cm³/mol. The number of nitrogens with zero attached hydrogens (tertiary/aromatic N) is 4. The van der Waals surface area contributed by atoms with Gasteiger partial charge >= 0.3 is 19.5 Å². The molecule has 1 unspecified atom stereocenters. The maximum absolute atomic E-state index is 15.0. The maximum atomic E-state index is 15.0. The minimum atomic E-state index is -4.58. The summed E-state index contributed by atoms with van der Waals surface area (Å²) in [6, 6.07) is 25.4. The number of carbonyl (C=O) groups excluding carboxylic acids is 2. The number of aliphatic hydroxyl groups is 1. The fourth-order valence-electron chi connectivity index (χ4n) is 10.1. The third-order valence-corrected chi connectivity index (χ3v) is 19.5. The summed E-state index contributed by atoms with van der Waals surface area (Å²) in [4.78, 5) is 61.5. The molecule has 4 aliphatic rings. The van der Waals surface area contributed by atoms with Gasteiger partial charge in [0.15, 0.2) is 0 Å². The van der Waals surface area contributed by atoms with E-state index in [1.807, 2.05) is 78.9 Å². The van der Waals surface area contributed by atoms with Crippen LogP contribution in [0.2, 0.25) is 51.4 Å². The zero-order valence-corrected chi connectivity index (χ0v) is 48.7. The summed E-state index contributed by atoms with van der Waals surface area (Å²) in [6.07, 6.45) is -6.07. The zero-order chi connectivity index (χ0) is 55.5. The first-order chi connectivity index (χ1) is 36.5. The number of imide groups is 1. The Morgan fingerprint density at radius 1 is 0.753 bits per heavy atom. The lowest BCUT2D eigenvalue weighted by Crippen LogP contribution is -2.64. The Morgan fingerprint density at radius 3 is 1.91 bits per heavy atom. The molecule has 0 radical (unpaired) electrons. The molecule has 5 heterocycles.